The van der Waals surface area contributed by atoms with E-state index in [-0.39, 0.29) is 18.7 Å². The molecule has 0 aromatic rings. The van der Waals surface area contributed by atoms with Crippen molar-refractivity contribution in [3.63, 3.8) is 0 Å². The number of nitrogens with zero attached hydrogens (tertiary/aromatic N) is 1. The fourth-order valence-electron chi connectivity index (χ4n) is 1.00. The highest BCUT2D eigenvalue weighted by Crippen LogP contribution is 1.93. The summed E-state index contributed by atoms with van der Waals surface area (Å²) in [7, 11) is -0.651. The van der Waals surface area contributed by atoms with Crippen molar-refractivity contribution in [1.29, 1.82) is 0 Å². The lowest BCUT2D eigenvalue weighted by atomic mass is 10.2. The van der Waals surface area contributed by atoms with Gasteiger partial charge in [0.25, 0.3) is 0 Å². The number of urea groups is 1. The maximum absolute atomic E-state index is 11.4. The topological polar surface area (TPSA) is 116 Å². The summed E-state index contributed by atoms with van der Waals surface area (Å²) in [6.07, 6.45) is 4.81. The molecule has 0 aliphatic rings. The molecule has 0 bridgehead atoms. The molecule has 2 amide bonds. The average Bonchev–Trinajstić information content (AvgIpc) is 2.27. The number of nitrogens with one attached hydrogen (secondary N) is 2. The molecule has 1 unspecified atom stereocenters. The molecule has 0 aromatic carbocycles. The molecule has 0 fully saturated rings. The third-order valence-corrected chi connectivity index (χ3v) is 3.96. The van der Waals surface area contributed by atoms with Crippen LogP contribution >= 0.6 is 0 Å². The van der Waals surface area contributed by atoms with Gasteiger partial charge in [0.15, 0.2) is 0 Å². The van der Waals surface area contributed by atoms with Crippen molar-refractivity contribution in [2.45, 2.75) is 12.5 Å². The van der Waals surface area contributed by atoms with Crippen molar-refractivity contribution < 1.29 is 23.1 Å². The van der Waals surface area contributed by atoms with Crippen LogP contribution in [0.3, 0.4) is 0 Å². The van der Waals surface area contributed by atoms with Gasteiger partial charge in [0.05, 0.1) is 5.75 Å². The van der Waals surface area contributed by atoms with Gasteiger partial charge < -0.3 is 15.7 Å². The lowest BCUT2D eigenvalue weighted by Crippen LogP contribution is -2.47. The van der Waals surface area contributed by atoms with E-state index in [1.807, 2.05) is 0 Å². The van der Waals surface area contributed by atoms with Crippen molar-refractivity contribution in [1.82, 2.24) is 14.9 Å². The molecule has 3 N–H and O–H groups in total. The second-order valence-corrected chi connectivity index (χ2v) is 6.10. The fourth-order valence-corrected chi connectivity index (χ4v) is 1.73. The van der Waals surface area contributed by atoms with Crippen LogP contribution in [0.1, 0.15) is 6.42 Å². The number of carbonyl (C=O) groups excluding carboxylic acids is 1. The van der Waals surface area contributed by atoms with E-state index in [2.05, 4.69) is 16.6 Å². The van der Waals surface area contributed by atoms with Crippen molar-refractivity contribution in [2.24, 2.45) is 0 Å². The number of hydrogen-bond donors (Lipinski definition) is 3. The molecule has 8 nitrogen and oxygen atoms in total. The first-order valence-electron chi connectivity index (χ1n) is 5.31. The lowest BCUT2D eigenvalue weighted by Gasteiger charge is -2.14. The predicted octanol–water partition coefficient (Wildman–Crippen LogP) is -1.35. The largest absolute Gasteiger partial charge is 0.480 e. The molecule has 0 aliphatic heterocycles. The molecule has 0 spiro atoms. The summed E-state index contributed by atoms with van der Waals surface area (Å²) < 4.78 is 23.8. The minimum atomic E-state index is -3.41. The van der Waals surface area contributed by atoms with E-state index in [0.29, 0.717) is 0 Å². The fraction of sp³-hybridized carbons (Fsp3) is 0.600. The highest BCUT2D eigenvalue weighted by molar-refractivity contribution is 7.89. The summed E-state index contributed by atoms with van der Waals surface area (Å²) in [4.78, 5) is 22.0. The molecule has 0 aromatic heterocycles. The highest BCUT2D eigenvalue weighted by Gasteiger charge is 2.19. The number of carboxylic acids is 1. The first-order chi connectivity index (χ1) is 8.70. The third kappa shape index (κ3) is 6.64. The Labute approximate surface area is 112 Å². The number of carbonyl (C=O) groups is 2. The normalized spacial score (nSPS) is 12.5. The second-order valence-electron chi connectivity index (χ2n) is 3.80. The van der Waals surface area contributed by atoms with E-state index >= 15 is 0 Å². The van der Waals surface area contributed by atoms with Gasteiger partial charge in [-0.3, -0.25) is 0 Å². The monoisotopic (exact) mass is 291 g/mol. The van der Waals surface area contributed by atoms with Crippen molar-refractivity contribution in [3.8, 4) is 12.3 Å². The number of sulfonamides is 1. The number of terminal acetylenes is 1. The van der Waals surface area contributed by atoms with Crippen LogP contribution in [-0.4, -0.2) is 62.3 Å². The molecule has 0 aliphatic carbocycles. The van der Waals surface area contributed by atoms with Crippen molar-refractivity contribution in [2.75, 3.05) is 26.4 Å². The Bertz CT molecular complexity index is 466. The molecule has 9 heteroatoms. The van der Waals surface area contributed by atoms with Gasteiger partial charge in [-0.25, -0.2) is 22.3 Å². The van der Waals surface area contributed by atoms with E-state index < -0.39 is 28.1 Å². The zero-order valence-corrected chi connectivity index (χ0v) is 11.5. The van der Waals surface area contributed by atoms with Crippen molar-refractivity contribution in [3.05, 3.63) is 0 Å². The SMILES string of the molecule is C#CCC(NC(=O)NCCS(=O)(=O)N(C)C)C(=O)O. The van der Waals surface area contributed by atoms with Gasteiger partial charge >= 0.3 is 12.0 Å². The summed E-state index contributed by atoms with van der Waals surface area (Å²) in [5, 5.41) is 13.1. The molecular formula is C10H17N3O5S. The Balaban J connectivity index is 4.20. The van der Waals surface area contributed by atoms with E-state index in [1.54, 1.807) is 0 Å². The van der Waals surface area contributed by atoms with Crippen LogP contribution in [0.4, 0.5) is 4.79 Å². The van der Waals surface area contributed by atoms with Crippen LogP contribution in [-0.2, 0) is 14.8 Å². The summed E-state index contributed by atoms with van der Waals surface area (Å²) in [5.74, 6) is 0.591. The standard InChI is InChI=1S/C10H17N3O5S/c1-4-5-8(9(14)15)12-10(16)11-6-7-19(17,18)13(2)3/h1,8H,5-7H2,2-3H3,(H,14,15)(H2,11,12,16). The summed E-state index contributed by atoms with van der Waals surface area (Å²) in [5.41, 5.74) is 0. The van der Waals surface area contributed by atoms with Crippen LogP contribution in [0.5, 0.6) is 0 Å². The van der Waals surface area contributed by atoms with Crippen LogP contribution in [0.15, 0.2) is 0 Å². The maximum atomic E-state index is 11.4. The Morgan fingerprint density at radius 3 is 2.42 bits per heavy atom. The number of aliphatic carboxylic acids is 1. The number of carboxylic acid groups (broad SMARTS) is 1. The molecular weight excluding hydrogens is 274 g/mol. The van der Waals surface area contributed by atoms with E-state index in [1.165, 1.54) is 14.1 Å². The van der Waals surface area contributed by atoms with Crippen molar-refractivity contribution >= 4 is 22.0 Å². The van der Waals surface area contributed by atoms with Gasteiger partial charge in [0.2, 0.25) is 10.0 Å². The Kier molecular flexibility index (Phi) is 6.89. The van der Waals surface area contributed by atoms with Crippen LogP contribution in [0.2, 0.25) is 0 Å². The second kappa shape index (κ2) is 7.60. The van der Waals surface area contributed by atoms with Crippen LogP contribution < -0.4 is 10.6 Å². The van der Waals surface area contributed by atoms with E-state index in [4.69, 9.17) is 11.5 Å². The van der Waals surface area contributed by atoms with Crippen LogP contribution in [0.25, 0.3) is 0 Å². The number of hydrogen-bond acceptors (Lipinski definition) is 4. The minimum absolute atomic E-state index is 0.130. The highest BCUT2D eigenvalue weighted by atomic mass is 32.2. The number of amides is 2. The van der Waals surface area contributed by atoms with Gasteiger partial charge in [0.1, 0.15) is 6.04 Å². The molecule has 108 valence electrons. The third-order valence-electron chi connectivity index (χ3n) is 2.13. The molecule has 0 saturated heterocycles. The first-order valence-corrected chi connectivity index (χ1v) is 6.92. The summed E-state index contributed by atoms with van der Waals surface area (Å²) in [6.45, 7) is -0.130. The first kappa shape index (κ1) is 17.2. The van der Waals surface area contributed by atoms with Gasteiger partial charge in [-0.2, -0.15) is 0 Å². The molecule has 0 rings (SSSR count). The summed E-state index contributed by atoms with van der Waals surface area (Å²) in [6, 6.07) is -1.98. The molecule has 0 saturated carbocycles. The van der Waals surface area contributed by atoms with Gasteiger partial charge in [-0.15, -0.1) is 12.3 Å². The quantitative estimate of drug-likeness (QED) is 0.502. The maximum Gasteiger partial charge on any atom is 0.327 e. The van der Waals surface area contributed by atoms with Gasteiger partial charge in [-0.1, -0.05) is 0 Å². The molecule has 0 radical (unpaired) electrons. The number of rotatable bonds is 7. The zero-order chi connectivity index (χ0) is 15.1. The average molecular weight is 291 g/mol. The van der Waals surface area contributed by atoms with E-state index in [0.717, 1.165) is 4.31 Å². The molecule has 1 atom stereocenters. The Morgan fingerprint density at radius 2 is 2.00 bits per heavy atom. The lowest BCUT2D eigenvalue weighted by molar-refractivity contribution is -0.139. The van der Waals surface area contributed by atoms with Gasteiger partial charge in [0, 0.05) is 27.1 Å². The summed E-state index contributed by atoms with van der Waals surface area (Å²) >= 11 is 0. The molecule has 19 heavy (non-hydrogen) atoms. The Hall–Kier alpha value is -1.79. The van der Waals surface area contributed by atoms with E-state index in [9.17, 15) is 18.0 Å². The minimum Gasteiger partial charge on any atom is -0.480 e. The van der Waals surface area contributed by atoms with Crippen LogP contribution in [0, 0.1) is 12.3 Å². The predicted molar refractivity (Wildman–Crippen MR) is 68.9 cm³/mol. The smallest absolute Gasteiger partial charge is 0.327 e. The zero-order valence-electron chi connectivity index (χ0n) is 10.7. The molecule has 0 heterocycles. The Morgan fingerprint density at radius 1 is 1.42 bits per heavy atom. The van der Waals surface area contributed by atoms with Gasteiger partial charge in [-0.05, 0) is 0 Å².